The van der Waals surface area contributed by atoms with Crippen LogP contribution in [0.15, 0.2) is 30.5 Å². The molecule has 0 spiro atoms. The molecule has 20 heavy (non-hydrogen) atoms. The highest BCUT2D eigenvalue weighted by Crippen LogP contribution is 2.22. The highest BCUT2D eigenvalue weighted by atomic mass is 16.6. The summed E-state index contributed by atoms with van der Waals surface area (Å²) in [5, 5.41) is 45.0. The van der Waals surface area contributed by atoms with Crippen LogP contribution in [-0.2, 0) is 4.74 Å². The molecule has 3 rings (SSSR count). The van der Waals surface area contributed by atoms with Gasteiger partial charge in [-0.05, 0) is 12.1 Å². The van der Waals surface area contributed by atoms with Gasteiger partial charge in [0.2, 0.25) is 0 Å². The highest BCUT2D eigenvalue weighted by molar-refractivity contribution is 5.85. The van der Waals surface area contributed by atoms with E-state index in [0.29, 0.717) is 5.75 Å². The van der Waals surface area contributed by atoms with E-state index in [1.807, 2.05) is 24.3 Å². The topological polar surface area (TPSA) is 126 Å². The lowest BCUT2D eigenvalue weighted by molar-refractivity contribution is -0.132. The van der Waals surface area contributed by atoms with Crippen LogP contribution in [0.4, 0.5) is 0 Å². The quantitative estimate of drug-likeness (QED) is 0.410. The molecule has 0 aliphatic carbocycles. The van der Waals surface area contributed by atoms with Gasteiger partial charge in [0.15, 0.2) is 6.29 Å². The van der Waals surface area contributed by atoms with E-state index in [0.717, 1.165) is 10.9 Å². The van der Waals surface area contributed by atoms with Crippen molar-refractivity contribution >= 4 is 10.9 Å². The minimum Gasteiger partial charge on any atom is -0.506 e. The summed E-state index contributed by atoms with van der Waals surface area (Å²) in [7, 11) is 0. The Balaban J connectivity index is 0.000000147. The number of para-hydroxylation sites is 1. The Morgan fingerprint density at radius 1 is 1.10 bits per heavy atom. The second-order valence-corrected chi connectivity index (χ2v) is 4.45. The molecule has 0 amide bonds. The van der Waals surface area contributed by atoms with E-state index in [-0.39, 0.29) is 0 Å². The number of H-pyrrole nitrogens is 1. The molecule has 1 aliphatic rings. The number of aliphatic hydroxyl groups excluding tert-OH is 4. The molecule has 1 aromatic carbocycles. The number of hydrogen-bond acceptors (Lipinski definition) is 6. The first-order chi connectivity index (χ1) is 9.54. The maximum atomic E-state index is 9.18. The fraction of sp³-hybridized carbons (Fsp3) is 0.385. The molecule has 110 valence electrons. The molecule has 4 atom stereocenters. The average molecular weight is 283 g/mol. The number of ether oxygens (including phenoxy) is 1. The van der Waals surface area contributed by atoms with Crippen molar-refractivity contribution in [2.45, 2.75) is 24.6 Å². The van der Waals surface area contributed by atoms with Crippen LogP contribution in [-0.4, -0.2) is 61.7 Å². The Bertz CT molecular complexity index is 557. The van der Waals surface area contributed by atoms with Crippen molar-refractivity contribution in [1.82, 2.24) is 4.98 Å². The lowest BCUT2D eigenvalue weighted by Gasteiger charge is -2.09. The van der Waals surface area contributed by atoms with Gasteiger partial charge in [-0.15, -0.1) is 0 Å². The van der Waals surface area contributed by atoms with Gasteiger partial charge in [0.1, 0.15) is 24.1 Å². The summed E-state index contributed by atoms with van der Waals surface area (Å²) in [4.78, 5) is 2.94. The number of aromatic nitrogens is 1. The lowest BCUT2D eigenvalue weighted by atomic mass is 10.1. The van der Waals surface area contributed by atoms with E-state index < -0.39 is 31.2 Å². The smallest absolute Gasteiger partial charge is 0.184 e. The summed E-state index contributed by atoms with van der Waals surface area (Å²) in [5.74, 6) is 0.315. The van der Waals surface area contributed by atoms with Crippen molar-refractivity contribution in [3.05, 3.63) is 30.5 Å². The third kappa shape index (κ3) is 2.92. The normalized spacial score (nSPS) is 29.2. The first kappa shape index (κ1) is 14.8. The third-order valence-corrected chi connectivity index (χ3v) is 3.08. The molecule has 1 aromatic heterocycles. The molecule has 7 heteroatoms. The van der Waals surface area contributed by atoms with Crippen molar-refractivity contribution in [2.24, 2.45) is 0 Å². The largest absolute Gasteiger partial charge is 0.506 e. The number of hydrogen-bond donors (Lipinski definition) is 6. The predicted octanol–water partition coefficient (Wildman–Crippen LogP) is -0.709. The zero-order valence-corrected chi connectivity index (χ0v) is 10.5. The van der Waals surface area contributed by atoms with Crippen LogP contribution in [0.2, 0.25) is 0 Å². The maximum Gasteiger partial charge on any atom is 0.184 e. The van der Waals surface area contributed by atoms with E-state index >= 15 is 0 Å². The minimum atomic E-state index is -1.38. The Labute approximate surface area is 114 Å². The van der Waals surface area contributed by atoms with Crippen LogP contribution < -0.4 is 0 Å². The number of benzene rings is 1. The predicted molar refractivity (Wildman–Crippen MR) is 69.9 cm³/mol. The summed E-state index contributed by atoms with van der Waals surface area (Å²) in [5.41, 5.74) is 0.972. The van der Waals surface area contributed by atoms with Crippen LogP contribution in [0.3, 0.4) is 0 Å². The lowest BCUT2D eigenvalue weighted by Crippen LogP contribution is -2.33. The van der Waals surface area contributed by atoms with Crippen molar-refractivity contribution in [1.29, 1.82) is 0 Å². The van der Waals surface area contributed by atoms with Gasteiger partial charge in [0.05, 0.1) is 6.61 Å². The van der Waals surface area contributed by atoms with Crippen LogP contribution >= 0.6 is 0 Å². The highest BCUT2D eigenvalue weighted by Gasteiger charge is 2.41. The molecule has 0 unspecified atom stereocenters. The first-order valence-corrected chi connectivity index (χ1v) is 6.10. The second-order valence-electron chi connectivity index (χ2n) is 4.45. The van der Waals surface area contributed by atoms with Gasteiger partial charge in [0, 0.05) is 17.1 Å². The Morgan fingerprint density at radius 2 is 1.80 bits per heavy atom. The monoisotopic (exact) mass is 283 g/mol. The van der Waals surface area contributed by atoms with Gasteiger partial charge >= 0.3 is 0 Å². The van der Waals surface area contributed by atoms with E-state index in [2.05, 4.69) is 9.72 Å². The Hall–Kier alpha value is -1.64. The molecule has 1 aliphatic heterocycles. The SMILES string of the molecule is OC[C@H]1O[C@@H](O)[C@H](O)[C@@H]1O.Oc1c[nH]c2ccccc12. The van der Waals surface area contributed by atoms with Crippen LogP contribution in [0.5, 0.6) is 5.75 Å². The average Bonchev–Trinajstić information content (AvgIpc) is 2.96. The van der Waals surface area contributed by atoms with E-state index in [1.54, 1.807) is 6.20 Å². The second kappa shape index (κ2) is 6.21. The van der Waals surface area contributed by atoms with Crippen LogP contribution in [0, 0.1) is 0 Å². The van der Waals surface area contributed by atoms with Gasteiger partial charge < -0.3 is 35.3 Å². The van der Waals surface area contributed by atoms with Gasteiger partial charge in [0.25, 0.3) is 0 Å². The van der Waals surface area contributed by atoms with Crippen LogP contribution in [0.25, 0.3) is 10.9 Å². The Morgan fingerprint density at radius 3 is 2.30 bits per heavy atom. The summed E-state index contributed by atoms with van der Waals surface area (Å²) in [6.07, 6.45) is -3.17. The summed E-state index contributed by atoms with van der Waals surface area (Å²) < 4.78 is 4.54. The number of aromatic hydroxyl groups is 1. The molecular weight excluding hydrogens is 266 g/mol. The zero-order valence-electron chi connectivity index (χ0n) is 10.5. The molecule has 1 saturated heterocycles. The zero-order chi connectivity index (χ0) is 14.7. The molecule has 1 fully saturated rings. The molecule has 2 heterocycles. The summed E-state index contributed by atoms with van der Waals surface area (Å²) in [6.45, 7) is -0.407. The van der Waals surface area contributed by atoms with Crippen molar-refractivity contribution in [2.75, 3.05) is 6.61 Å². The molecule has 0 radical (unpaired) electrons. The van der Waals surface area contributed by atoms with Gasteiger partial charge in [-0.1, -0.05) is 12.1 Å². The third-order valence-electron chi connectivity index (χ3n) is 3.08. The maximum absolute atomic E-state index is 9.18. The first-order valence-electron chi connectivity index (χ1n) is 6.10. The number of aromatic amines is 1. The molecular formula is C13H17NO6. The molecule has 0 saturated carbocycles. The molecule has 6 N–H and O–H groups in total. The van der Waals surface area contributed by atoms with E-state index in [9.17, 15) is 5.11 Å². The van der Waals surface area contributed by atoms with Gasteiger partial charge in [-0.3, -0.25) is 0 Å². The summed E-state index contributed by atoms with van der Waals surface area (Å²) in [6, 6.07) is 7.63. The fourth-order valence-corrected chi connectivity index (χ4v) is 1.94. The number of fused-ring (bicyclic) bond motifs is 1. The molecule has 2 aromatic rings. The number of rotatable bonds is 1. The van der Waals surface area contributed by atoms with Crippen LogP contribution in [0.1, 0.15) is 0 Å². The standard InChI is InChI=1S/C8H7NO.C5H10O5/c10-8-5-9-7-4-2-1-3-6(7)8;6-1-2-3(7)4(8)5(9)10-2/h1-5,9-10H;2-9H,1H2/t;2-,3-,4-,5-/m.1/s1. The van der Waals surface area contributed by atoms with E-state index in [4.69, 9.17) is 20.4 Å². The Kier molecular flexibility index (Phi) is 4.58. The number of aliphatic hydroxyl groups is 4. The van der Waals surface area contributed by atoms with Crippen molar-refractivity contribution < 1.29 is 30.3 Å². The van der Waals surface area contributed by atoms with Crippen molar-refractivity contribution in [3.8, 4) is 5.75 Å². The fourth-order valence-electron chi connectivity index (χ4n) is 1.94. The van der Waals surface area contributed by atoms with E-state index in [1.165, 1.54) is 0 Å². The molecule has 7 nitrogen and oxygen atoms in total. The van der Waals surface area contributed by atoms with Gasteiger partial charge in [-0.25, -0.2) is 0 Å². The summed E-state index contributed by atoms with van der Waals surface area (Å²) >= 11 is 0. The van der Waals surface area contributed by atoms with Crippen molar-refractivity contribution in [3.63, 3.8) is 0 Å². The number of nitrogens with one attached hydrogen (secondary N) is 1. The van der Waals surface area contributed by atoms with Gasteiger partial charge in [-0.2, -0.15) is 0 Å². The molecule has 0 bridgehead atoms. The minimum absolute atomic E-state index is 0.315.